The Morgan fingerprint density at radius 3 is 1.96 bits per heavy atom. The fourth-order valence-corrected chi connectivity index (χ4v) is 7.81. The fraction of sp³-hybridized carbons (Fsp3) is 0.462. The molecule has 0 spiro atoms. The largest absolute Gasteiger partial charge is 0.480 e. The van der Waals surface area contributed by atoms with E-state index < -0.39 is 120 Å². The van der Waals surface area contributed by atoms with Crippen molar-refractivity contribution in [1.29, 1.82) is 0 Å². The van der Waals surface area contributed by atoms with Crippen LogP contribution in [-0.4, -0.2) is 137 Å². The number of rotatable bonds is 15. The van der Waals surface area contributed by atoms with Crippen molar-refractivity contribution in [3.63, 3.8) is 0 Å². The van der Waals surface area contributed by atoms with Crippen molar-refractivity contribution in [2.24, 2.45) is 34.2 Å². The number of guanidine groups is 1. The van der Waals surface area contributed by atoms with E-state index >= 15 is 0 Å². The summed E-state index contributed by atoms with van der Waals surface area (Å²) in [6, 6.07) is 9.35. The summed E-state index contributed by atoms with van der Waals surface area (Å²) in [4.78, 5) is 127. The Hall–Kier alpha value is -7.88. The van der Waals surface area contributed by atoms with Crippen LogP contribution in [0.5, 0.6) is 0 Å². The Labute approximate surface area is 431 Å². The minimum absolute atomic E-state index is 0.00681. The lowest BCUT2D eigenvalue weighted by molar-refractivity contribution is -0.146. The van der Waals surface area contributed by atoms with E-state index in [0.717, 1.165) is 10.5 Å². The number of hydrogen-bond donors (Lipinski definition) is 10. The second kappa shape index (κ2) is 29.6. The molecule has 7 amide bonds. The van der Waals surface area contributed by atoms with Gasteiger partial charge < -0.3 is 63.2 Å². The van der Waals surface area contributed by atoms with Crippen LogP contribution in [0.2, 0.25) is 0 Å². The molecular formula is C52H72N10O12. The predicted octanol–water partition coefficient (Wildman–Crippen LogP) is 0.815. The molecule has 22 heteroatoms. The molecule has 0 radical (unpaired) electrons. The maximum absolute atomic E-state index is 14.6. The van der Waals surface area contributed by atoms with Crippen molar-refractivity contribution in [1.82, 2.24) is 36.8 Å². The molecule has 10 atom stereocenters. The summed E-state index contributed by atoms with van der Waals surface area (Å²) < 4.78 is 5.83. The average molecular weight is 1030 g/mol. The lowest BCUT2D eigenvalue weighted by Crippen LogP contribution is -2.59. The van der Waals surface area contributed by atoms with Gasteiger partial charge in [0.2, 0.25) is 35.4 Å². The van der Waals surface area contributed by atoms with E-state index in [-0.39, 0.29) is 43.8 Å². The Bertz CT molecular complexity index is 2410. The summed E-state index contributed by atoms with van der Waals surface area (Å²) in [7, 11) is 2.82. The lowest BCUT2D eigenvalue weighted by Gasteiger charge is -2.28. The van der Waals surface area contributed by atoms with Gasteiger partial charge in [0.05, 0.1) is 24.0 Å². The van der Waals surface area contributed by atoms with Crippen molar-refractivity contribution in [3.8, 4) is 0 Å². The molecule has 12 N–H and O–H groups in total. The Balaban J connectivity index is 2.14. The van der Waals surface area contributed by atoms with Crippen molar-refractivity contribution in [3.05, 3.63) is 108 Å². The number of aliphatic carboxylic acids is 2. The van der Waals surface area contributed by atoms with Crippen LogP contribution < -0.4 is 43.4 Å². The third kappa shape index (κ3) is 19.3. The first-order valence-corrected chi connectivity index (χ1v) is 24.2. The van der Waals surface area contributed by atoms with Gasteiger partial charge in [-0.25, -0.2) is 9.59 Å². The number of ether oxygens (including phenoxy) is 1. The van der Waals surface area contributed by atoms with E-state index in [9.17, 15) is 53.4 Å². The molecule has 1 aliphatic heterocycles. The number of nitrogens with one attached hydrogen (secondary N) is 6. The molecule has 10 unspecified atom stereocenters. The smallest absolute Gasteiger partial charge is 0.327 e. The number of aliphatic imine (C=N–C) groups is 1. The zero-order chi connectivity index (χ0) is 55.2. The van der Waals surface area contributed by atoms with Gasteiger partial charge in [-0.1, -0.05) is 112 Å². The highest BCUT2D eigenvalue weighted by Crippen LogP contribution is 2.19. The van der Waals surface area contributed by atoms with Crippen LogP contribution in [0, 0.1) is 17.8 Å². The van der Waals surface area contributed by atoms with Crippen LogP contribution in [0.4, 0.5) is 0 Å². The van der Waals surface area contributed by atoms with Gasteiger partial charge in [-0.2, -0.15) is 0 Å². The monoisotopic (exact) mass is 1030 g/mol. The van der Waals surface area contributed by atoms with Crippen LogP contribution in [0.15, 0.2) is 102 Å². The number of allylic oxidation sites excluding steroid dienone is 2. The van der Waals surface area contributed by atoms with E-state index in [1.807, 2.05) is 50.3 Å². The third-order valence-electron chi connectivity index (χ3n) is 12.5. The average Bonchev–Trinajstić information content (AvgIpc) is 3.36. The molecule has 2 aromatic rings. The number of carbonyl (C=O) groups excluding carboxylic acids is 7. The highest BCUT2D eigenvalue weighted by Gasteiger charge is 2.37. The standard InChI is InChI=1S/C52H72N10O12/c1-29(26-30(2)41(74-8)28-36-18-13-10-14-19-36)21-22-37-31(3)44(64)59-39(50(70)71)23-24-42(63)62(7)34(6)47(67)56-33(5)46(66)58-38(20-15-25-55-52(53)54)48(68)61-43(51(72)73)32(4)45(65)60-40(49(69)57-37)27-35-16-11-9-12-17-35/h9-14,16-19,21-22,26,30-33,37-41,43H,6,15,20,23-25,27-28H2,1-5,7-8H3,(H,56,67)(H,57,69)(H,58,66)(H,59,64)(H,60,65)(H,61,68)(H,70,71)(H,72,73)(H4,53,54,55). The Kier molecular flexibility index (Phi) is 24.2. The minimum Gasteiger partial charge on any atom is -0.480 e. The van der Waals surface area contributed by atoms with Gasteiger partial charge in [-0.15, -0.1) is 0 Å². The number of hydrogen-bond acceptors (Lipinski definition) is 11. The first-order chi connectivity index (χ1) is 34.9. The van der Waals surface area contributed by atoms with E-state index in [2.05, 4.69) is 43.5 Å². The molecule has 0 saturated carbocycles. The fourth-order valence-electron chi connectivity index (χ4n) is 7.81. The molecule has 3 rings (SSSR count). The topological polar surface area (TPSA) is 343 Å². The van der Waals surface area contributed by atoms with Crippen LogP contribution in [0.1, 0.15) is 71.4 Å². The van der Waals surface area contributed by atoms with E-state index in [4.69, 9.17) is 16.2 Å². The molecule has 1 aliphatic rings. The van der Waals surface area contributed by atoms with Crippen molar-refractivity contribution in [2.75, 3.05) is 20.7 Å². The van der Waals surface area contributed by atoms with Crippen LogP contribution >= 0.6 is 0 Å². The maximum atomic E-state index is 14.6. The number of benzene rings is 2. The molecule has 22 nitrogen and oxygen atoms in total. The number of methoxy groups -OCH3 is 1. The van der Waals surface area contributed by atoms with Gasteiger partial charge >= 0.3 is 11.9 Å². The quantitative estimate of drug-likeness (QED) is 0.0388. The van der Waals surface area contributed by atoms with Gasteiger partial charge in [-0.3, -0.25) is 38.6 Å². The molecule has 74 heavy (non-hydrogen) atoms. The van der Waals surface area contributed by atoms with Gasteiger partial charge in [0.15, 0.2) is 5.96 Å². The summed E-state index contributed by atoms with van der Waals surface area (Å²) in [6.45, 7) is 11.4. The molecule has 402 valence electrons. The van der Waals surface area contributed by atoms with Crippen LogP contribution in [0.25, 0.3) is 0 Å². The molecule has 1 fully saturated rings. The highest BCUT2D eigenvalue weighted by molar-refractivity contribution is 6.00. The van der Waals surface area contributed by atoms with E-state index in [1.54, 1.807) is 49.6 Å². The van der Waals surface area contributed by atoms with Crippen molar-refractivity contribution >= 4 is 59.2 Å². The van der Waals surface area contributed by atoms with E-state index in [1.165, 1.54) is 27.8 Å². The van der Waals surface area contributed by atoms with Crippen molar-refractivity contribution < 1.29 is 58.1 Å². The number of carboxylic acids is 2. The number of likely N-dealkylation sites (N-methyl/N-ethyl adjacent to an activating group) is 1. The second-order valence-corrected chi connectivity index (χ2v) is 18.3. The number of amides is 7. The number of carboxylic acid groups (broad SMARTS) is 2. The minimum atomic E-state index is -1.92. The van der Waals surface area contributed by atoms with Crippen LogP contribution in [0.3, 0.4) is 0 Å². The maximum Gasteiger partial charge on any atom is 0.327 e. The number of nitrogens with two attached hydrogens (primary N) is 2. The number of carbonyl (C=O) groups is 9. The summed E-state index contributed by atoms with van der Waals surface area (Å²) in [5.41, 5.74) is 12.8. The zero-order valence-corrected chi connectivity index (χ0v) is 43.0. The second-order valence-electron chi connectivity index (χ2n) is 18.3. The molecule has 0 aliphatic carbocycles. The zero-order valence-electron chi connectivity index (χ0n) is 43.0. The predicted molar refractivity (Wildman–Crippen MR) is 275 cm³/mol. The molecule has 0 aromatic heterocycles. The molecular weight excluding hydrogens is 957 g/mol. The molecule has 0 bridgehead atoms. The van der Waals surface area contributed by atoms with Gasteiger partial charge in [0.1, 0.15) is 35.9 Å². The summed E-state index contributed by atoms with van der Waals surface area (Å²) >= 11 is 0. The van der Waals surface area contributed by atoms with Crippen LogP contribution in [-0.2, 0) is 60.7 Å². The molecule has 1 heterocycles. The molecule has 2 aromatic carbocycles. The van der Waals surface area contributed by atoms with Gasteiger partial charge in [0, 0.05) is 39.5 Å². The van der Waals surface area contributed by atoms with Gasteiger partial charge in [0.25, 0.3) is 5.91 Å². The third-order valence-corrected chi connectivity index (χ3v) is 12.5. The lowest BCUT2D eigenvalue weighted by atomic mass is 9.94. The van der Waals surface area contributed by atoms with E-state index in [0.29, 0.717) is 17.6 Å². The summed E-state index contributed by atoms with van der Waals surface area (Å²) in [5.74, 6) is -12.5. The van der Waals surface area contributed by atoms with Crippen molar-refractivity contribution in [2.45, 2.75) is 115 Å². The molecule has 1 saturated heterocycles. The first-order valence-electron chi connectivity index (χ1n) is 24.2. The highest BCUT2D eigenvalue weighted by atomic mass is 16.5. The summed E-state index contributed by atoms with van der Waals surface area (Å²) in [5, 5.41) is 35.7. The SMILES string of the molecule is C=C1C(=O)NC(C)C(=O)NC(CCCN=C(N)N)C(=O)NC(C(=O)O)C(C)C(=O)NC(Cc2ccccc2)C(=O)NC(C=CC(C)=CC(C)C(Cc2ccccc2)OC)C(C)C(=O)NC(C(=O)O)CCC(=O)N1C. The summed E-state index contributed by atoms with van der Waals surface area (Å²) in [6.07, 6.45) is 4.46. The Morgan fingerprint density at radius 1 is 0.797 bits per heavy atom. The Morgan fingerprint density at radius 2 is 1.38 bits per heavy atom. The number of nitrogens with zero attached hydrogens (tertiary/aromatic N) is 2. The normalized spacial score (nSPS) is 24.6. The first kappa shape index (κ1) is 60.4. The van der Waals surface area contributed by atoms with Gasteiger partial charge in [-0.05, 0) is 50.7 Å².